The molecule has 0 atom stereocenters. The first kappa shape index (κ1) is 11.1. The second-order valence-corrected chi connectivity index (χ2v) is 4.59. The van der Waals surface area contributed by atoms with Crippen molar-refractivity contribution < 1.29 is 9.47 Å². The van der Waals surface area contributed by atoms with E-state index in [-0.39, 0.29) is 5.56 Å². The molecule has 0 unspecified atom stereocenters. The Kier molecular flexibility index (Phi) is 2.51. The Bertz CT molecular complexity index is 656. The molecule has 4 nitrogen and oxygen atoms in total. The molecule has 94 valence electrons. The molecule has 4 heteroatoms. The lowest BCUT2D eigenvalue weighted by Crippen LogP contribution is -2.16. The standard InChI is InChI=1S/C14H15NO3/c1-17-12-5-9-7-14(16)15(11-3-4-11)8-10(9)6-13(12)18-2/h5-8,11H,3-4H2,1-2H3. The predicted octanol–water partition coefficient (Wildman–Crippen LogP) is 2.35. The van der Waals surface area contributed by atoms with Crippen LogP contribution in [0.15, 0.2) is 29.2 Å². The van der Waals surface area contributed by atoms with Gasteiger partial charge < -0.3 is 14.0 Å². The highest BCUT2D eigenvalue weighted by Crippen LogP contribution is 2.36. The Balaban J connectivity index is 2.24. The van der Waals surface area contributed by atoms with Gasteiger partial charge in [-0.15, -0.1) is 0 Å². The van der Waals surface area contributed by atoms with Crippen LogP contribution in [0, 0.1) is 0 Å². The molecule has 2 aromatic rings. The van der Waals surface area contributed by atoms with Crippen molar-refractivity contribution in [2.75, 3.05) is 14.2 Å². The van der Waals surface area contributed by atoms with E-state index in [2.05, 4.69) is 0 Å². The van der Waals surface area contributed by atoms with Crippen LogP contribution < -0.4 is 15.0 Å². The maximum Gasteiger partial charge on any atom is 0.251 e. The van der Waals surface area contributed by atoms with Crippen LogP contribution >= 0.6 is 0 Å². The van der Waals surface area contributed by atoms with E-state index in [1.54, 1.807) is 20.3 Å². The van der Waals surface area contributed by atoms with E-state index in [4.69, 9.17) is 9.47 Å². The molecule has 0 aliphatic heterocycles. The molecule has 0 amide bonds. The van der Waals surface area contributed by atoms with Crippen molar-refractivity contribution in [3.8, 4) is 11.5 Å². The van der Waals surface area contributed by atoms with Gasteiger partial charge in [0.15, 0.2) is 11.5 Å². The zero-order chi connectivity index (χ0) is 12.7. The summed E-state index contributed by atoms with van der Waals surface area (Å²) in [6.45, 7) is 0. The Morgan fingerprint density at radius 3 is 2.22 bits per heavy atom. The van der Waals surface area contributed by atoms with Crippen LogP contribution in [0.25, 0.3) is 10.8 Å². The van der Waals surface area contributed by atoms with Crippen LogP contribution in [0.4, 0.5) is 0 Å². The highest BCUT2D eigenvalue weighted by molar-refractivity contribution is 5.85. The van der Waals surface area contributed by atoms with Gasteiger partial charge in [-0.2, -0.15) is 0 Å². The Morgan fingerprint density at radius 1 is 1.06 bits per heavy atom. The maximum atomic E-state index is 12.0. The van der Waals surface area contributed by atoms with Crippen molar-refractivity contribution in [3.63, 3.8) is 0 Å². The smallest absolute Gasteiger partial charge is 0.251 e. The molecule has 0 spiro atoms. The van der Waals surface area contributed by atoms with Crippen LogP contribution in [-0.4, -0.2) is 18.8 Å². The van der Waals surface area contributed by atoms with Crippen LogP contribution in [0.5, 0.6) is 11.5 Å². The van der Waals surface area contributed by atoms with Crippen LogP contribution in [0.1, 0.15) is 18.9 Å². The van der Waals surface area contributed by atoms with Gasteiger partial charge >= 0.3 is 0 Å². The zero-order valence-electron chi connectivity index (χ0n) is 10.5. The second-order valence-electron chi connectivity index (χ2n) is 4.59. The Hall–Kier alpha value is -1.97. The number of hydrogen-bond acceptors (Lipinski definition) is 3. The van der Waals surface area contributed by atoms with Gasteiger partial charge in [-0.1, -0.05) is 0 Å². The lowest BCUT2D eigenvalue weighted by atomic mass is 10.1. The fourth-order valence-electron chi connectivity index (χ4n) is 2.21. The van der Waals surface area contributed by atoms with Crippen molar-refractivity contribution in [1.82, 2.24) is 4.57 Å². The number of rotatable bonds is 3. The molecule has 18 heavy (non-hydrogen) atoms. The molecule has 1 aromatic carbocycles. The normalized spacial score (nSPS) is 14.8. The highest BCUT2D eigenvalue weighted by Gasteiger charge is 2.24. The summed E-state index contributed by atoms with van der Waals surface area (Å²) in [6, 6.07) is 5.80. The first-order valence-corrected chi connectivity index (χ1v) is 6.01. The van der Waals surface area contributed by atoms with E-state index in [0.29, 0.717) is 17.5 Å². The summed E-state index contributed by atoms with van der Waals surface area (Å²) in [7, 11) is 3.20. The molecule has 1 saturated carbocycles. The fraction of sp³-hybridized carbons (Fsp3) is 0.357. The van der Waals surface area contributed by atoms with Crippen molar-refractivity contribution in [2.24, 2.45) is 0 Å². The van der Waals surface area contributed by atoms with Crippen LogP contribution in [0.2, 0.25) is 0 Å². The summed E-state index contributed by atoms with van der Waals surface area (Å²) in [4.78, 5) is 12.0. The molecule has 1 aliphatic carbocycles. The van der Waals surface area contributed by atoms with Gasteiger partial charge in [0.05, 0.1) is 14.2 Å². The summed E-state index contributed by atoms with van der Waals surface area (Å²) in [5.74, 6) is 1.33. The number of hydrogen-bond donors (Lipinski definition) is 0. The molecular weight excluding hydrogens is 230 g/mol. The number of ether oxygens (including phenoxy) is 2. The van der Waals surface area contributed by atoms with E-state index >= 15 is 0 Å². The molecule has 1 fully saturated rings. The average Bonchev–Trinajstić information content (AvgIpc) is 3.20. The molecular formula is C14H15NO3. The van der Waals surface area contributed by atoms with Gasteiger partial charge in [0.2, 0.25) is 0 Å². The van der Waals surface area contributed by atoms with Crippen molar-refractivity contribution in [2.45, 2.75) is 18.9 Å². The monoisotopic (exact) mass is 245 g/mol. The minimum absolute atomic E-state index is 0.0530. The van der Waals surface area contributed by atoms with E-state index in [1.807, 2.05) is 22.9 Å². The minimum Gasteiger partial charge on any atom is -0.493 e. The summed E-state index contributed by atoms with van der Waals surface area (Å²) in [5.41, 5.74) is 0.0530. The third kappa shape index (κ3) is 1.74. The SMILES string of the molecule is COc1cc2cc(=O)n(C3CC3)cc2cc1OC. The quantitative estimate of drug-likeness (QED) is 0.833. The van der Waals surface area contributed by atoms with E-state index in [1.165, 1.54) is 0 Å². The van der Waals surface area contributed by atoms with Crippen molar-refractivity contribution >= 4 is 10.8 Å². The van der Waals surface area contributed by atoms with Gasteiger partial charge in [-0.3, -0.25) is 4.79 Å². The zero-order valence-corrected chi connectivity index (χ0v) is 10.5. The Morgan fingerprint density at radius 2 is 1.67 bits per heavy atom. The number of pyridine rings is 1. The average molecular weight is 245 g/mol. The number of nitrogens with zero attached hydrogens (tertiary/aromatic N) is 1. The molecule has 1 aromatic heterocycles. The number of benzene rings is 1. The minimum atomic E-state index is 0.0530. The third-order valence-corrected chi connectivity index (χ3v) is 3.34. The van der Waals surface area contributed by atoms with E-state index in [9.17, 15) is 4.79 Å². The fourth-order valence-corrected chi connectivity index (χ4v) is 2.21. The van der Waals surface area contributed by atoms with Gasteiger partial charge in [0.25, 0.3) is 5.56 Å². The van der Waals surface area contributed by atoms with Gasteiger partial charge in [0, 0.05) is 23.7 Å². The highest BCUT2D eigenvalue weighted by atomic mass is 16.5. The van der Waals surface area contributed by atoms with Crippen molar-refractivity contribution in [3.05, 3.63) is 34.7 Å². The second kappa shape index (κ2) is 4.05. The molecule has 1 heterocycles. The summed E-state index contributed by atoms with van der Waals surface area (Å²) in [5, 5.41) is 1.88. The summed E-state index contributed by atoms with van der Waals surface area (Å²) >= 11 is 0. The lowest BCUT2D eigenvalue weighted by molar-refractivity contribution is 0.356. The van der Waals surface area contributed by atoms with E-state index < -0.39 is 0 Å². The summed E-state index contributed by atoms with van der Waals surface area (Å²) < 4.78 is 12.3. The van der Waals surface area contributed by atoms with Crippen molar-refractivity contribution in [1.29, 1.82) is 0 Å². The molecule has 0 N–H and O–H groups in total. The molecule has 0 bridgehead atoms. The van der Waals surface area contributed by atoms with Crippen LogP contribution in [-0.2, 0) is 0 Å². The largest absolute Gasteiger partial charge is 0.493 e. The molecule has 3 rings (SSSR count). The van der Waals surface area contributed by atoms with Gasteiger partial charge in [-0.05, 0) is 30.4 Å². The third-order valence-electron chi connectivity index (χ3n) is 3.34. The number of methoxy groups -OCH3 is 2. The molecule has 0 radical (unpaired) electrons. The summed E-state index contributed by atoms with van der Waals surface area (Å²) in [6.07, 6.45) is 4.11. The van der Waals surface area contributed by atoms with E-state index in [0.717, 1.165) is 23.6 Å². The number of fused-ring (bicyclic) bond motifs is 1. The first-order valence-electron chi connectivity index (χ1n) is 6.01. The predicted molar refractivity (Wildman–Crippen MR) is 69.6 cm³/mol. The molecule has 0 saturated heterocycles. The topological polar surface area (TPSA) is 40.5 Å². The Labute approximate surface area is 105 Å². The molecule has 1 aliphatic rings. The van der Waals surface area contributed by atoms with Gasteiger partial charge in [0.1, 0.15) is 0 Å². The van der Waals surface area contributed by atoms with Crippen LogP contribution in [0.3, 0.4) is 0 Å². The maximum absolute atomic E-state index is 12.0. The lowest BCUT2D eigenvalue weighted by Gasteiger charge is -2.10. The first-order chi connectivity index (χ1) is 8.72. The van der Waals surface area contributed by atoms with Gasteiger partial charge in [-0.25, -0.2) is 0 Å². The number of aromatic nitrogens is 1.